The van der Waals surface area contributed by atoms with Gasteiger partial charge in [0.1, 0.15) is 0 Å². The lowest BCUT2D eigenvalue weighted by Gasteiger charge is -2.22. The predicted octanol–water partition coefficient (Wildman–Crippen LogP) is 2.18. The molecule has 0 radical (unpaired) electrons. The van der Waals surface area contributed by atoms with Crippen molar-refractivity contribution in [3.8, 4) is 0 Å². The highest BCUT2D eigenvalue weighted by molar-refractivity contribution is 5.54. The molecule has 0 heterocycles. The van der Waals surface area contributed by atoms with Gasteiger partial charge in [-0.15, -0.1) is 0 Å². The summed E-state index contributed by atoms with van der Waals surface area (Å²) in [5.74, 6) is 0. The standard InChI is InChI=1S/C13H22N2O/c1-13(2,10-16)9-14-11-5-7-12(8-6-11)15(3)4/h5-8,14,16H,9-10H2,1-4H3. The minimum absolute atomic E-state index is 0.0831. The topological polar surface area (TPSA) is 35.5 Å². The molecule has 0 fully saturated rings. The van der Waals surface area contributed by atoms with Gasteiger partial charge < -0.3 is 15.3 Å². The van der Waals surface area contributed by atoms with E-state index < -0.39 is 0 Å². The molecular weight excluding hydrogens is 200 g/mol. The molecule has 0 aliphatic carbocycles. The molecule has 1 rings (SSSR count). The van der Waals surface area contributed by atoms with Crippen LogP contribution >= 0.6 is 0 Å². The second-order valence-electron chi connectivity index (χ2n) is 5.12. The van der Waals surface area contributed by atoms with Crippen molar-refractivity contribution in [2.75, 3.05) is 37.5 Å². The third-order valence-electron chi connectivity index (χ3n) is 2.58. The quantitative estimate of drug-likeness (QED) is 0.801. The summed E-state index contributed by atoms with van der Waals surface area (Å²) in [6.45, 7) is 5.03. The summed E-state index contributed by atoms with van der Waals surface area (Å²) in [7, 11) is 4.05. The van der Waals surface area contributed by atoms with Gasteiger partial charge in [0.05, 0.1) is 0 Å². The highest BCUT2D eigenvalue weighted by Crippen LogP contribution is 2.18. The first-order chi connectivity index (χ1) is 7.44. The summed E-state index contributed by atoms with van der Waals surface area (Å²) in [4.78, 5) is 2.07. The second-order valence-corrected chi connectivity index (χ2v) is 5.12. The Hall–Kier alpha value is -1.22. The van der Waals surface area contributed by atoms with Crippen LogP contribution in [-0.4, -0.2) is 32.4 Å². The number of aliphatic hydroxyl groups excluding tert-OH is 1. The maximum atomic E-state index is 9.14. The highest BCUT2D eigenvalue weighted by atomic mass is 16.3. The van der Waals surface area contributed by atoms with Gasteiger partial charge in [-0.1, -0.05) is 13.8 Å². The van der Waals surface area contributed by atoms with Gasteiger partial charge >= 0.3 is 0 Å². The fourth-order valence-electron chi connectivity index (χ4n) is 1.27. The molecule has 0 saturated carbocycles. The Kier molecular flexibility index (Phi) is 4.19. The lowest BCUT2D eigenvalue weighted by atomic mass is 9.95. The molecule has 0 spiro atoms. The van der Waals surface area contributed by atoms with Crippen molar-refractivity contribution in [2.24, 2.45) is 5.41 Å². The fraction of sp³-hybridized carbons (Fsp3) is 0.538. The number of rotatable bonds is 5. The van der Waals surface area contributed by atoms with Crippen LogP contribution in [0.5, 0.6) is 0 Å². The maximum Gasteiger partial charge on any atom is 0.0498 e. The van der Waals surface area contributed by atoms with Gasteiger partial charge in [0.25, 0.3) is 0 Å². The number of benzene rings is 1. The molecule has 2 N–H and O–H groups in total. The Morgan fingerprint density at radius 2 is 1.75 bits per heavy atom. The van der Waals surface area contributed by atoms with Gasteiger partial charge in [-0.3, -0.25) is 0 Å². The molecule has 0 aliphatic rings. The molecule has 1 aromatic rings. The largest absolute Gasteiger partial charge is 0.396 e. The highest BCUT2D eigenvalue weighted by Gasteiger charge is 2.15. The molecule has 90 valence electrons. The van der Waals surface area contributed by atoms with Crippen LogP contribution in [0.3, 0.4) is 0 Å². The SMILES string of the molecule is CN(C)c1ccc(NCC(C)(C)CO)cc1. The Morgan fingerprint density at radius 1 is 1.19 bits per heavy atom. The molecule has 0 unspecified atom stereocenters. The zero-order valence-electron chi connectivity index (χ0n) is 10.6. The normalized spacial score (nSPS) is 11.3. The smallest absolute Gasteiger partial charge is 0.0498 e. The van der Waals surface area contributed by atoms with Crippen molar-refractivity contribution in [3.05, 3.63) is 24.3 Å². The van der Waals surface area contributed by atoms with Gasteiger partial charge in [0.15, 0.2) is 0 Å². The van der Waals surface area contributed by atoms with E-state index in [1.54, 1.807) is 0 Å². The van der Waals surface area contributed by atoms with E-state index in [1.165, 1.54) is 5.69 Å². The minimum Gasteiger partial charge on any atom is -0.396 e. The molecule has 3 nitrogen and oxygen atoms in total. The predicted molar refractivity (Wildman–Crippen MR) is 70.1 cm³/mol. The second kappa shape index (κ2) is 5.21. The van der Waals surface area contributed by atoms with E-state index in [1.807, 2.05) is 27.9 Å². The van der Waals surface area contributed by atoms with E-state index in [-0.39, 0.29) is 12.0 Å². The number of nitrogens with zero attached hydrogens (tertiary/aromatic N) is 1. The molecule has 0 aromatic heterocycles. The Morgan fingerprint density at radius 3 is 2.19 bits per heavy atom. The number of hydrogen-bond donors (Lipinski definition) is 2. The molecule has 1 aromatic carbocycles. The van der Waals surface area contributed by atoms with E-state index >= 15 is 0 Å². The van der Waals surface area contributed by atoms with E-state index in [0.717, 1.165) is 12.2 Å². The summed E-state index contributed by atoms with van der Waals surface area (Å²) < 4.78 is 0. The molecule has 0 bridgehead atoms. The lowest BCUT2D eigenvalue weighted by Crippen LogP contribution is -2.26. The van der Waals surface area contributed by atoms with Crippen molar-refractivity contribution < 1.29 is 5.11 Å². The van der Waals surface area contributed by atoms with Crippen LogP contribution in [0.15, 0.2) is 24.3 Å². The van der Waals surface area contributed by atoms with Gasteiger partial charge in [-0.05, 0) is 24.3 Å². The van der Waals surface area contributed by atoms with Gasteiger partial charge in [0.2, 0.25) is 0 Å². The van der Waals surface area contributed by atoms with Crippen LogP contribution in [0.25, 0.3) is 0 Å². The van der Waals surface area contributed by atoms with Crippen LogP contribution in [0.1, 0.15) is 13.8 Å². The van der Waals surface area contributed by atoms with Crippen molar-refractivity contribution in [1.82, 2.24) is 0 Å². The zero-order valence-corrected chi connectivity index (χ0v) is 10.6. The van der Waals surface area contributed by atoms with E-state index in [2.05, 4.69) is 34.5 Å². The summed E-state index contributed by atoms with van der Waals surface area (Å²) in [5.41, 5.74) is 2.19. The van der Waals surface area contributed by atoms with Crippen molar-refractivity contribution in [2.45, 2.75) is 13.8 Å². The van der Waals surface area contributed by atoms with Crippen LogP contribution in [0.4, 0.5) is 11.4 Å². The first kappa shape index (κ1) is 12.8. The maximum absolute atomic E-state index is 9.14. The molecule has 0 amide bonds. The first-order valence-corrected chi connectivity index (χ1v) is 5.57. The lowest BCUT2D eigenvalue weighted by molar-refractivity contribution is 0.171. The molecular formula is C13H22N2O. The fourth-order valence-corrected chi connectivity index (χ4v) is 1.27. The van der Waals surface area contributed by atoms with Crippen molar-refractivity contribution in [1.29, 1.82) is 0 Å². The van der Waals surface area contributed by atoms with E-state index in [9.17, 15) is 0 Å². The Bertz CT molecular complexity index is 317. The average molecular weight is 222 g/mol. The van der Waals surface area contributed by atoms with Crippen LogP contribution < -0.4 is 10.2 Å². The summed E-state index contributed by atoms with van der Waals surface area (Å²) in [6, 6.07) is 8.27. The third-order valence-corrected chi connectivity index (χ3v) is 2.58. The summed E-state index contributed by atoms with van der Waals surface area (Å²) >= 11 is 0. The van der Waals surface area contributed by atoms with Gasteiger partial charge in [-0.25, -0.2) is 0 Å². The number of nitrogens with one attached hydrogen (secondary N) is 1. The van der Waals surface area contributed by atoms with Crippen molar-refractivity contribution >= 4 is 11.4 Å². The molecule has 0 saturated heterocycles. The van der Waals surface area contributed by atoms with Crippen LogP contribution in [0, 0.1) is 5.41 Å². The number of hydrogen-bond acceptors (Lipinski definition) is 3. The molecule has 0 atom stereocenters. The van der Waals surface area contributed by atoms with Crippen molar-refractivity contribution in [3.63, 3.8) is 0 Å². The van der Waals surface area contributed by atoms with E-state index in [0.29, 0.717) is 0 Å². The van der Waals surface area contributed by atoms with E-state index in [4.69, 9.17) is 5.11 Å². The summed E-state index contributed by atoms with van der Waals surface area (Å²) in [6.07, 6.45) is 0. The van der Waals surface area contributed by atoms with Gasteiger partial charge in [-0.2, -0.15) is 0 Å². The van der Waals surface area contributed by atoms with Crippen LogP contribution in [0.2, 0.25) is 0 Å². The van der Waals surface area contributed by atoms with Crippen LogP contribution in [-0.2, 0) is 0 Å². The first-order valence-electron chi connectivity index (χ1n) is 5.57. The molecule has 3 heteroatoms. The van der Waals surface area contributed by atoms with Gasteiger partial charge in [0, 0.05) is 44.0 Å². The Labute approximate surface area is 98.1 Å². The minimum atomic E-state index is -0.0831. The molecule has 16 heavy (non-hydrogen) atoms. The average Bonchev–Trinajstić information content (AvgIpc) is 2.27. The zero-order chi connectivity index (χ0) is 12.2. The summed E-state index contributed by atoms with van der Waals surface area (Å²) in [5, 5.41) is 12.5. The molecule has 0 aliphatic heterocycles. The third kappa shape index (κ3) is 3.74. The Balaban J connectivity index is 2.56. The number of aliphatic hydroxyl groups is 1. The number of anilines is 2. The monoisotopic (exact) mass is 222 g/mol.